The number of aromatic nitrogens is 1. The summed E-state index contributed by atoms with van der Waals surface area (Å²) in [5.74, 6) is -0.801. The van der Waals surface area contributed by atoms with Crippen molar-refractivity contribution >= 4 is 11.6 Å². The van der Waals surface area contributed by atoms with E-state index in [2.05, 4.69) is 4.98 Å². The number of carbonyl (C=O) groups is 1. The van der Waals surface area contributed by atoms with Crippen molar-refractivity contribution < 1.29 is 9.18 Å². The van der Waals surface area contributed by atoms with E-state index in [-0.39, 0.29) is 5.91 Å². The van der Waals surface area contributed by atoms with E-state index in [0.29, 0.717) is 5.56 Å². The number of hydrogen-bond acceptors (Lipinski definition) is 2. The molecule has 98 valence electrons. The second kappa shape index (κ2) is 5.18. The zero-order valence-corrected chi connectivity index (χ0v) is 11.1. The SMILES string of the molecule is Cc1ccc(N(C)C(=O)c2ccc(F)nc2)c(C)c1. The summed E-state index contributed by atoms with van der Waals surface area (Å²) in [4.78, 5) is 17.3. The van der Waals surface area contributed by atoms with Crippen molar-refractivity contribution in [2.75, 3.05) is 11.9 Å². The Kier molecular flexibility index (Phi) is 3.60. The molecule has 0 unspecified atom stereocenters. The first kappa shape index (κ1) is 13.2. The highest BCUT2D eigenvalue weighted by atomic mass is 19.1. The first-order valence-corrected chi connectivity index (χ1v) is 5.96. The molecule has 0 bridgehead atoms. The monoisotopic (exact) mass is 258 g/mol. The van der Waals surface area contributed by atoms with Crippen molar-refractivity contribution in [3.63, 3.8) is 0 Å². The lowest BCUT2D eigenvalue weighted by Gasteiger charge is -2.19. The predicted octanol–water partition coefficient (Wildman–Crippen LogP) is 3.11. The minimum atomic E-state index is -0.592. The molecular weight excluding hydrogens is 243 g/mol. The molecule has 0 aliphatic heterocycles. The van der Waals surface area contributed by atoms with Gasteiger partial charge in [0.05, 0.1) is 5.56 Å². The van der Waals surface area contributed by atoms with E-state index in [4.69, 9.17) is 0 Å². The average Bonchev–Trinajstić information content (AvgIpc) is 2.38. The number of rotatable bonds is 2. The lowest BCUT2D eigenvalue weighted by atomic mass is 10.1. The van der Waals surface area contributed by atoms with E-state index in [1.807, 2.05) is 32.0 Å². The normalized spacial score (nSPS) is 10.3. The minimum absolute atomic E-state index is 0.209. The van der Waals surface area contributed by atoms with Crippen LogP contribution in [0.5, 0.6) is 0 Å². The molecule has 2 rings (SSSR count). The number of benzene rings is 1. The van der Waals surface area contributed by atoms with Crippen molar-refractivity contribution in [1.82, 2.24) is 4.98 Å². The molecule has 0 radical (unpaired) electrons. The number of hydrogen-bond donors (Lipinski definition) is 0. The molecule has 0 aliphatic carbocycles. The van der Waals surface area contributed by atoms with Crippen LogP contribution in [0, 0.1) is 19.8 Å². The largest absolute Gasteiger partial charge is 0.311 e. The van der Waals surface area contributed by atoms with E-state index >= 15 is 0 Å². The molecule has 0 saturated carbocycles. The summed E-state index contributed by atoms with van der Waals surface area (Å²) in [6, 6.07) is 8.49. The minimum Gasteiger partial charge on any atom is -0.311 e. The molecule has 0 fully saturated rings. The van der Waals surface area contributed by atoms with Gasteiger partial charge in [-0.3, -0.25) is 4.79 Å². The maximum Gasteiger partial charge on any atom is 0.259 e. The summed E-state index contributed by atoms with van der Waals surface area (Å²) in [5.41, 5.74) is 3.36. The van der Waals surface area contributed by atoms with Gasteiger partial charge in [0.2, 0.25) is 5.95 Å². The summed E-state index contributed by atoms with van der Waals surface area (Å²) >= 11 is 0. The molecule has 0 N–H and O–H groups in total. The molecule has 1 aromatic carbocycles. The van der Waals surface area contributed by atoms with Gasteiger partial charge in [0.15, 0.2) is 0 Å². The Hall–Kier alpha value is -2.23. The number of anilines is 1. The van der Waals surface area contributed by atoms with Crippen LogP contribution in [-0.4, -0.2) is 17.9 Å². The summed E-state index contributed by atoms with van der Waals surface area (Å²) in [7, 11) is 1.70. The van der Waals surface area contributed by atoms with Crippen molar-refractivity contribution in [2.24, 2.45) is 0 Å². The predicted molar refractivity (Wildman–Crippen MR) is 72.8 cm³/mol. The van der Waals surface area contributed by atoms with Crippen molar-refractivity contribution in [1.29, 1.82) is 0 Å². The first-order chi connectivity index (χ1) is 8.99. The molecule has 4 heteroatoms. The van der Waals surface area contributed by atoms with E-state index in [9.17, 15) is 9.18 Å². The Morgan fingerprint density at radius 3 is 2.53 bits per heavy atom. The lowest BCUT2D eigenvalue weighted by molar-refractivity contribution is 0.0992. The Bertz CT molecular complexity index is 608. The van der Waals surface area contributed by atoms with Gasteiger partial charge < -0.3 is 4.90 Å². The van der Waals surface area contributed by atoms with Crippen LogP contribution in [0.25, 0.3) is 0 Å². The number of nitrogens with zero attached hydrogens (tertiary/aromatic N) is 2. The number of carbonyl (C=O) groups excluding carboxylic acids is 1. The molecule has 2 aromatic rings. The summed E-state index contributed by atoms with van der Waals surface area (Å²) in [5, 5.41) is 0. The third-order valence-corrected chi connectivity index (χ3v) is 2.99. The molecule has 0 atom stereocenters. The quantitative estimate of drug-likeness (QED) is 0.775. The smallest absolute Gasteiger partial charge is 0.259 e. The third kappa shape index (κ3) is 2.78. The third-order valence-electron chi connectivity index (χ3n) is 2.99. The van der Waals surface area contributed by atoms with E-state index < -0.39 is 5.95 Å². The summed E-state index contributed by atoms with van der Waals surface area (Å²) < 4.78 is 12.7. The van der Waals surface area contributed by atoms with Gasteiger partial charge in [0.1, 0.15) is 0 Å². The molecule has 3 nitrogen and oxygen atoms in total. The molecule has 1 amide bonds. The van der Waals surface area contributed by atoms with Gasteiger partial charge in [-0.2, -0.15) is 4.39 Å². The Labute approximate surface area is 111 Å². The summed E-state index contributed by atoms with van der Waals surface area (Å²) in [6.07, 6.45) is 1.25. The van der Waals surface area contributed by atoms with Crippen molar-refractivity contribution in [3.8, 4) is 0 Å². The van der Waals surface area contributed by atoms with Gasteiger partial charge in [-0.15, -0.1) is 0 Å². The van der Waals surface area contributed by atoms with E-state index in [1.54, 1.807) is 11.9 Å². The summed E-state index contributed by atoms with van der Waals surface area (Å²) in [6.45, 7) is 3.96. The second-order valence-corrected chi connectivity index (χ2v) is 4.52. The molecular formula is C15H15FN2O. The van der Waals surface area contributed by atoms with Gasteiger partial charge in [0.25, 0.3) is 5.91 Å². The van der Waals surface area contributed by atoms with Crippen molar-refractivity contribution in [2.45, 2.75) is 13.8 Å². The van der Waals surface area contributed by atoms with Crippen LogP contribution in [-0.2, 0) is 0 Å². The topological polar surface area (TPSA) is 33.2 Å². The van der Waals surface area contributed by atoms with Crippen LogP contribution in [0.2, 0.25) is 0 Å². The molecule has 1 aromatic heterocycles. The fourth-order valence-corrected chi connectivity index (χ4v) is 1.99. The molecule has 0 aliphatic rings. The van der Waals surface area contributed by atoms with Crippen LogP contribution >= 0.6 is 0 Å². The zero-order valence-electron chi connectivity index (χ0n) is 11.1. The maximum atomic E-state index is 12.7. The Morgan fingerprint density at radius 1 is 1.21 bits per heavy atom. The zero-order chi connectivity index (χ0) is 14.0. The van der Waals surface area contributed by atoms with Gasteiger partial charge in [-0.05, 0) is 37.6 Å². The van der Waals surface area contributed by atoms with Gasteiger partial charge in [-0.25, -0.2) is 4.98 Å². The van der Waals surface area contributed by atoms with Crippen molar-refractivity contribution in [3.05, 3.63) is 59.2 Å². The van der Waals surface area contributed by atoms with Crippen LogP contribution in [0.15, 0.2) is 36.5 Å². The Balaban J connectivity index is 2.30. The fraction of sp³-hybridized carbons (Fsp3) is 0.200. The number of pyridine rings is 1. The Morgan fingerprint density at radius 2 is 1.95 bits per heavy atom. The van der Waals surface area contributed by atoms with Crippen LogP contribution in [0.3, 0.4) is 0 Å². The fourth-order valence-electron chi connectivity index (χ4n) is 1.99. The number of amides is 1. The van der Waals surface area contributed by atoms with Gasteiger partial charge in [-0.1, -0.05) is 17.7 Å². The number of aryl methyl sites for hydroxylation is 2. The maximum absolute atomic E-state index is 12.7. The highest BCUT2D eigenvalue weighted by molar-refractivity contribution is 6.05. The van der Waals surface area contributed by atoms with Crippen LogP contribution < -0.4 is 4.90 Å². The molecule has 0 saturated heterocycles. The molecule has 1 heterocycles. The standard InChI is InChI=1S/C15H15FN2O/c1-10-4-6-13(11(2)8-10)18(3)15(19)12-5-7-14(16)17-9-12/h4-9H,1-3H3. The average molecular weight is 258 g/mol. The van der Waals surface area contributed by atoms with Crippen LogP contribution in [0.4, 0.5) is 10.1 Å². The van der Waals surface area contributed by atoms with Gasteiger partial charge >= 0.3 is 0 Å². The highest BCUT2D eigenvalue weighted by Crippen LogP contribution is 2.21. The first-order valence-electron chi connectivity index (χ1n) is 5.96. The molecule has 19 heavy (non-hydrogen) atoms. The van der Waals surface area contributed by atoms with E-state index in [0.717, 1.165) is 16.8 Å². The van der Waals surface area contributed by atoms with Crippen LogP contribution in [0.1, 0.15) is 21.5 Å². The van der Waals surface area contributed by atoms with Gasteiger partial charge in [0, 0.05) is 18.9 Å². The molecule has 0 spiro atoms. The lowest BCUT2D eigenvalue weighted by Crippen LogP contribution is -2.27. The van der Waals surface area contributed by atoms with E-state index in [1.165, 1.54) is 18.3 Å². The second-order valence-electron chi connectivity index (χ2n) is 4.52. The highest BCUT2D eigenvalue weighted by Gasteiger charge is 2.15. The number of halogens is 1.